The van der Waals surface area contributed by atoms with Crippen LogP contribution in [-0.4, -0.2) is 61.0 Å². The first-order valence-electron chi connectivity index (χ1n) is 7.41. The van der Waals surface area contributed by atoms with Gasteiger partial charge in [-0.15, -0.1) is 0 Å². The first-order chi connectivity index (χ1) is 8.68. The monoisotopic (exact) mass is 253 g/mol. The van der Waals surface area contributed by atoms with Crippen LogP contribution in [0.5, 0.6) is 0 Å². The summed E-state index contributed by atoms with van der Waals surface area (Å²) in [5, 5.41) is 3.49. The van der Waals surface area contributed by atoms with Gasteiger partial charge in [0.15, 0.2) is 0 Å². The van der Waals surface area contributed by atoms with Gasteiger partial charge in [-0.2, -0.15) is 0 Å². The molecule has 0 radical (unpaired) electrons. The first-order valence-corrected chi connectivity index (χ1v) is 7.41. The standard InChI is InChI=1S/C14H27N3O/c1-3-6-14(7-4-8-15-14)13(18)17-10-5-9-16(2)11-12-17/h15H,3-12H2,1-2H3. The molecule has 2 fully saturated rings. The van der Waals surface area contributed by atoms with E-state index in [1.807, 2.05) is 0 Å². The highest BCUT2D eigenvalue weighted by Crippen LogP contribution is 2.27. The minimum absolute atomic E-state index is 0.238. The second-order valence-electron chi connectivity index (χ2n) is 5.81. The van der Waals surface area contributed by atoms with Crippen molar-refractivity contribution >= 4 is 5.91 Å². The van der Waals surface area contributed by atoms with E-state index < -0.39 is 0 Å². The molecule has 0 aromatic rings. The Morgan fingerprint density at radius 2 is 2.06 bits per heavy atom. The summed E-state index contributed by atoms with van der Waals surface area (Å²) < 4.78 is 0. The van der Waals surface area contributed by atoms with Gasteiger partial charge in [0.25, 0.3) is 0 Å². The average Bonchev–Trinajstić information content (AvgIpc) is 2.72. The van der Waals surface area contributed by atoms with Crippen molar-refractivity contribution in [2.24, 2.45) is 0 Å². The van der Waals surface area contributed by atoms with E-state index >= 15 is 0 Å². The van der Waals surface area contributed by atoms with Crippen LogP contribution in [0.2, 0.25) is 0 Å². The van der Waals surface area contributed by atoms with Crippen LogP contribution in [0.25, 0.3) is 0 Å². The molecule has 0 aromatic carbocycles. The number of likely N-dealkylation sites (N-methyl/N-ethyl adjacent to an activating group) is 1. The summed E-state index contributed by atoms with van der Waals surface area (Å²) in [7, 11) is 2.14. The number of rotatable bonds is 3. The van der Waals surface area contributed by atoms with Crippen molar-refractivity contribution in [3.63, 3.8) is 0 Å². The fourth-order valence-electron chi connectivity index (χ4n) is 3.29. The second-order valence-corrected chi connectivity index (χ2v) is 5.81. The lowest BCUT2D eigenvalue weighted by atomic mass is 9.90. The van der Waals surface area contributed by atoms with Crippen LogP contribution in [0.1, 0.15) is 39.0 Å². The zero-order valence-electron chi connectivity index (χ0n) is 11.9. The number of nitrogens with one attached hydrogen (secondary N) is 1. The van der Waals surface area contributed by atoms with E-state index in [1.54, 1.807) is 0 Å². The SMILES string of the molecule is CCCC1(C(=O)N2CCCN(C)CC2)CCCN1. The Balaban J connectivity index is 2.03. The summed E-state index contributed by atoms with van der Waals surface area (Å²) in [6.07, 6.45) is 5.32. The van der Waals surface area contributed by atoms with E-state index in [9.17, 15) is 4.79 Å². The zero-order chi connectivity index (χ0) is 13.0. The average molecular weight is 253 g/mol. The van der Waals surface area contributed by atoms with Crippen molar-refractivity contribution in [3.05, 3.63) is 0 Å². The third kappa shape index (κ3) is 2.86. The van der Waals surface area contributed by atoms with Crippen LogP contribution in [0.15, 0.2) is 0 Å². The molecule has 4 heteroatoms. The van der Waals surface area contributed by atoms with Crippen LogP contribution >= 0.6 is 0 Å². The summed E-state index contributed by atoms with van der Waals surface area (Å²) >= 11 is 0. The van der Waals surface area contributed by atoms with E-state index in [-0.39, 0.29) is 5.54 Å². The smallest absolute Gasteiger partial charge is 0.242 e. The molecule has 18 heavy (non-hydrogen) atoms. The van der Waals surface area contributed by atoms with Gasteiger partial charge in [0.2, 0.25) is 5.91 Å². The van der Waals surface area contributed by atoms with E-state index in [2.05, 4.69) is 29.1 Å². The molecule has 1 N–H and O–H groups in total. The summed E-state index contributed by atoms with van der Waals surface area (Å²) in [6, 6.07) is 0. The van der Waals surface area contributed by atoms with E-state index in [0.29, 0.717) is 5.91 Å². The Kier molecular flexibility index (Phi) is 4.62. The maximum atomic E-state index is 12.8. The maximum Gasteiger partial charge on any atom is 0.242 e. The van der Waals surface area contributed by atoms with Crippen LogP contribution in [0.3, 0.4) is 0 Å². The molecular weight excluding hydrogens is 226 g/mol. The quantitative estimate of drug-likeness (QED) is 0.817. The fraction of sp³-hybridized carbons (Fsp3) is 0.929. The fourth-order valence-corrected chi connectivity index (χ4v) is 3.29. The Morgan fingerprint density at radius 1 is 1.22 bits per heavy atom. The lowest BCUT2D eigenvalue weighted by Gasteiger charge is -2.34. The van der Waals surface area contributed by atoms with Gasteiger partial charge in [0, 0.05) is 19.6 Å². The highest BCUT2D eigenvalue weighted by Gasteiger charge is 2.42. The highest BCUT2D eigenvalue weighted by atomic mass is 16.2. The Labute approximate surface area is 111 Å². The summed E-state index contributed by atoms with van der Waals surface area (Å²) in [4.78, 5) is 17.2. The molecule has 0 saturated carbocycles. The van der Waals surface area contributed by atoms with Crippen molar-refractivity contribution in [3.8, 4) is 0 Å². The number of hydrogen-bond donors (Lipinski definition) is 1. The largest absolute Gasteiger partial charge is 0.340 e. The molecule has 0 spiro atoms. The van der Waals surface area contributed by atoms with E-state index in [4.69, 9.17) is 0 Å². The molecule has 2 saturated heterocycles. The van der Waals surface area contributed by atoms with Crippen molar-refractivity contribution in [2.75, 3.05) is 39.8 Å². The third-order valence-corrected chi connectivity index (χ3v) is 4.34. The Hall–Kier alpha value is -0.610. The Morgan fingerprint density at radius 3 is 2.72 bits per heavy atom. The van der Waals surface area contributed by atoms with Crippen LogP contribution in [-0.2, 0) is 4.79 Å². The molecular formula is C14H27N3O. The maximum absolute atomic E-state index is 12.8. The summed E-state index contributed by atoms with van der Waals surface area (Å²) in [5.41, 5.74) is -0.238. The minimum atomic E-state index is -0.238. The van der Waals surface area contributed by atoms with Crippen LogP contribution in [0.4, 0.5) is 0 Å². The molecule has 1 unspecified atom stereocenters. The highest BCUT2D eigenvalue weighted by molar-refractivity contribution is 5.86. The van der Waals surface area contributed by atoms with Crippen LogP contribution in [0, 0.1) is 0 Å². The van der Waals surface area contributed by atoms with Gasteiger partial charge in [-0.25, -0.2) is 0 Å². The molecule has 0 aliphatic carbocycles. The lowest BCUT2D eigenvalue weighted by molar-refractivity contribution is -0.138. The summed E-state index contributed by atoms with van der Waals surface area (Å²) in [5.74, 6) is 0.358. The number of nitrogens with zero attached hydrogens (tertiary/aromatic N) is 2. The number of carbonyl (C=O) groups is 1. The van der Waals surface area contributed by atoms with Gasteiger partial charge in [-0.05, 0) is 45.8 Å². The molecule has 0 aromatic heterocycles. The van der Waals surface area contributed by atoms with Crippen molar-refractivity contribution in [2.45, 2.75) is 44.6 Å². The summed E-state index contributed by atoms with van der Waals surface area (Å²) in [6.45, 7) is 7.11. The lowest BCUT2D eigenvalue weighted by Crippen LogP contribution is -2.55. The zero-order valence-corrected chi connectivity index (χ0v) is 11.9. The predicted octanol–water partition coefficient (Wildman–Crippen LogP) is 1.07. The van der Waals surface area contributed by atoms with Gasteiger partial charge in [0.05, 0.1) is 5.54 Å². The topological polar surface area (TPSA) is 35.6 Å². The molecule has 104 valence electrons. The predicted molar refractivity (Wildman–Crippen MR) is 73.6 cm³/mol. The normalized spacial score (nSPS) is 30.4. The molecule has 2 aliphatic rings. The van der Waals surface area contributed by atoms with Gasteiger partial charge in [0.1, 0.15) is 0 Å². The molecule has 2 rings (SSSR count). The van der Waals surface area contributed by atoms with Gasteiger partial charge < -0.3 is 15.1 Å². The van der Waals surface area contributed by atoms with Gasteiger partial charge in [-0.1, -0.05) is 13.3 Å². The van der Waals surface area contributed by atoms with E-state index in [0.717, 1.165) is 64.8 Å². The van der Waals surface area contributed by atoms with E-state index in [1.165, 1.54) is 0 Å². The van der Waals surface area contributed by atoms with Gasteiger partial charge >= 0.3 is 0 Å². The first kappa shape index (κ1) is 13.8. The molecule has 2 heterocycles. The molecule has 1 atom stereocenters. The second kappa shape index (κ2) is 6.02. The Bertz CT molecular complexity index is 287. The number of amides is 1. The number of hydrogen-bond acceptors (Lipinski definition) is 3. The minimum Gasteiger partial charge on any atom is -0.340 e. The number of carbonyl (C=O) groups excluding carboxylic acids is 1. The van der Waals surface area contributed by atoms with Crippen molar-refractivity contribution < 1.29 is 4.79 Å². The van der Waals surface area contributed by atoms with Gasteiger partial charge in [-0.3, -0.25) is 4.79 Å². The molecule has 1 amide bonds. The third-order valence-electron chi connectivity index (χ3n) is 4.34. The van der Waals surface area contributed by atoms with Crippen molar-refractivity contribution in [1.82, 2.24) is 15.1 Å². The molecule has 4 nitrogen and oxygen atoms in total. The molecule has 2 aliphatic heterocycles. The molecule has 0 bridgehead atoms. The van der Waals surface area contributed by atoms with Crippen LogP contribution < -0.4 is 5.32 Å². The van der Waals surface area contributed by atoms with Crippen molar-refractivity contribution in [1.29, 1.82) is 0 Å².